The summed E-state index contributed by atoms with van der Waals surface area (Å²) in [5, 5.41) is 6.77. The van der Waals surface area contributed by atoms with Crippen LogP contribution in [0.4, 0.5) is 5.69 Å². The summed E-state index contributed by atoms with van der Waals surface area (Å²) in [7, 11) is 0. The lowest BCUT2D eigenvalue weighted by atomic mass is 10.2. The first-order valence-corrected chi connectivity index (χ1v) is 11.2. The Bertz CT molecular complexity index is 1210. The lowest BCUT2D eigenvalue weighted by Gasteiger charge is -2.11. The van der Waals surface area contributed by atoms with Crippen molar-refractivity contribution in [3.8, 4) is 11.5 Å². The summed E-state index contributed by atoms with van der Waals surface area (Å²) < 4.78 is 11.8. The fraction of sp³-hybridized carbons (Fsp3) is 0.0833. The Balaban J connectivity index is 1.62. The summed E-state index contributed by atoms with van der Waals surface area (Å²) in [6.45, 7) is 2.12. The number of rotatable bonds is 7. The Hall–Kier alpha value is -3.69. The van der Waals surface area contributed by atoms with E-state index in [2.05, 4.69) is 31.8 Å². The summed E-state index contributed by atoms with van der Waals surface area (Å²) in [6, 6.07) is 17.8. The molecule has 8 nitrogen and oxygen atoms in total. The summed E-state index contributed by atoms with van der Waals surface area (Å²) in [4.78, 5) is 36.3. The molecule has 2 N–H and O–H groups in total. The number of hydrogen-bond donors (Lipinski definition) is 2. The molecule has 0 atom stereocenters. The quantitative estimate of drug-likeness (QED) is 0.146. The van der Waals surface area contributed by atoms with Gasteiger partial charge in [-0.25, -0.2) is 10.2 Å². The molecule has 34 heavy (non-hydrogen) atoms. The highest BCUT2D eigenvalue weighted by Gasteiger charge is 2.14. The van der Waals surface area contributed by atoms with Gasteiger partial charge in [-0.05, 0) is 79.2 Å². The molecule has 0 spiro atoms. The van der Waals surface area contributed by atoms with Crippen molar-refractivity contribution < 1.29 is 23.9 Å². The number of halogens is 2. The van der Waals surface area contributed by atoms with E-state index in [9.17, 15) is 14.4 Å². The number of hydrazone groups is 1. The predicted molar refractivity (Wildman–Crippen MR) is 133 cm³/mol. The fourth-order valence-corrected chi connectivity index (χ4v) is 3.03. The zero-order valence-corrected chi connectivity index (χ0v) is 20.2. The van der Waals surface area contributed by atoms with Gasteiger partial charge in [0.15, 0.2) is 11.5 Å². The van der Waals surface area contributed by atoms with Gasteiger partial charge in [0.05, 0.1) is 18.4 Å². The van der Waals surface area contributed by atoms with Crippen LogP contribution >= 0.6 is 27.5 Å². The molecule has 0 aliphatic heterocycles. The van der Waals surface area contributed by atoms with Gasteiger partial charge >= 0.3 is 17.8 Å². The van der Waals surface area contributed by atoms with Crippen LogP contribution < -0.4 is 20.2 Å². The smallest absolute Gasteiger partial charge is 0.343 e. The maximum absolute atomic E-state index is 12.4. The first-order chi connectivity index (χ1) is 16.4. The number of nitrogens with one attached hydrogen (secondary N) is 2. The van der Waals surface area contributed by atoms with Gasteiger partial charge in [-0.3, -0.25) is 9.59 Å². The van der Waals surface area contributed by atoms with Crippen LogP contribution in [-0.4, -0.2) is 30.6 Å². The summed E-state index contributed by atoms with van der Waals surface area (Å²) in [5.74, 6) is -1.83. The van der Waals surface area contributed by atoms with E-state index in [1.54, 1.807) is 73.7 Å². The molecule has 3 rings (SSSR count). The maximum Gasteiger partial charge on any atom is 0.343 e. The van der Waals surface area contributed by atoms with Crippen molar-refractivity contribution in [1.29, 1.82) is 0 Å². The van der Waals surface area contributed by atoms with Crippen LogP contribution in [-0.2, 0) is 9.59 Å². The zero-order valence-electron chi connectivity index (χ0n) is 17.9. The molecular formula is C24H19BrClN3O5. The van der Waals surface area contributed by atoms with E-state index < -0.39 is 17.8 Å². The Kier molecular flexibility index (Phi) is 8.78. The monoisotopic (exact) mass is 543 g/mol. The molecule has 0 aliphatic rings. The van der Waals surface area contributed by atoms with Crippen LogP contribution in [0.5, 0.6) is 11.5 Å². The van der Waals surface area contributed by atoms with E-state index in [1.807, 2.05) is 0 Å². The maximum atomic E-state index is 12.4. The molecule has 0 saturated carbocycles. The van der Waals surface area contributed by atoms with Crippen molar-refractivity contribution in [2.24, 2.45) is 5.10 Å². The first kappa shape index (κ1) is 24.9. The molecule has 0 saturated heterocycles. The highest BCUT2D eigenvalue weighted by atomic mass is 79.9. The van der Waals surface area contributed by atoms with Gasteiger partial charge < -0.3 is 14.8 Å². The second kappa shape index (κ2) is 12.0. The van der Waals surface area contributed by atoms with Crippen molar-refractivity contribution in [3.05, 3.63) is 87.4 Å². The molecule has 3 aromatic carbocycles. The molecule has 0 fully saturated rings. The number of benzene rings is 3. The minimum absolute atomic E-state index is 0.219. The minimum Gasteiger partial charge on any atom is -0.490 e. The third kappa shape index (κ3) is 7.16. The minimum atomic E-state index is -0.933. The molecule has 0 bridgehead atoms. The average Bonchev–Trinajstić information content (AvgIpc) is 2.82. The number of nitrogens with zero attached hydrogens (tertiary/aromatic N) is 1. The van der Waals surface area contributed by atoms with E-state index >= 15 is 0 Å². The third-order valence-electron chi connectivity index (χ3n) is 4.24. The van der Waals surface area contributed by atoms with Crippen LogP contribution in [0.3, 0.4) is 0 Å². The lowest BCUT2D eigenvalue weighted by molar-refractivity contribution is -0.136. The van der Waals surface area contributed by atoms with E-state index in [4.69, 9.17) is 21.1 Å². The predicted octanol–water partition coefficient (Wildman–Crippen LogP) is 4.81. The van der Waals surface area contributed by atoms with Crippen LogP contribution in [0.15, 0.2) is 76.3 Å². The number of esters is 1. The molecule has 0 unspecified atom stereocenters. The standard InChI is InChI=1S/C24H19BrClN3O5/c1-2-33-21-13-15(3-12-20(21)34-24(32)16-4-8-18(26)9-5-16)14-27-29-23(31)22(30)28-19-10-6-17(25)7-11-19/h3-14H,2H2,1H3,(H,28,30)(H,29,31)/b27-14-. The van der Waals surface area contributed by atoms with Gasteiger partial charge in [-0.2, -0.15) is 5.10 Å². The molecule has 0 aliphatic carbocycles. The highest BCUT2D eigenvalue weighted by molar-refractivity contribution is 9.10. The van der Waals surface area contributed by atoms with E-state index in [-0.39, 0.29) is 5.75 Å². The third-order valence-corrected chi connectivity index (χ3v) is 5.02. The van der Waals surface area contributed by atoms with Crippen molar-refractivity contribution in [3.63, 3.8) is 0 Å². The molecule has 0 radical (unpaired) electrons. The highest BCUT2D eigenvalue weighted by Crippen LogP contribution is 2.29. The van der Waals surface area contributed by atoms with Crippen molar-refractivity contribution in [2.75, 3.05) is 11.9 Å². The number of hydrogen-bond acceptors (Lipinski definition) is 6. The van der Waals surface area contributed by atoms with Crippen LogP contribution in [0.2, 0.25) is 5.02 Å². The molecule has 174 valence electrons. The molecule has 3 aromatic rings. The Morgan fingerprint density at radius 3 is 2.35 bits per heavy atom. The van der Waals surface area contributed by atoms with Crippen LogP contribution in [0.25, 0.3) is 0 Å². The average molecular weight is 545 g/mol. The number of anilines is 1. The van der Waals surface area contributed by atoms with E-state index in [0.717, 1.165) is 4.47 Å². The van der Waals surface area contributed by atoms with Crippen LogP contribution in [0, 0.1) is 0 Å². The Morgan fingerprint density at radius 1 is 0.971 bits per heavy atom. The SMILES string of the molecule is CCOc1cc(/C=N\NC(=O)C(=O)Nc2ccc(Br)cc2)ccc1OC(=O)c1ccc(Cl)cc1. The molecule has 10 heteroatoms. The molecule has 2 amide bonds. The summed E-state index contributed by atoms with van der Waals surface area (Å²) in [5.41, 5.74) is 3.51. The summed E-state index contributed by atoms with van der Waals surface area (Å²) >= 11 is 9.14. The largest absolute Gasteiger partial charge is 0.490 e. The van der Waals surface area contributed by atoms with E-state index in [0.29, 0.717) is 34.2 Å². The molecule has 0 aromatic heterocycles. The number of ether oxygens (including phenoxy) is 2. The van der Waals surface area contributed by atoms with Gasteiger partial charge in [0, 0.05) is 15.2 Å². The van der Waals surface area contributed by atoms with E-state index in [1.165, 1.54) is 6.21 Å². The topological polar surface area (TPSA) is 106 Å². The number of carbonyl (C=O) groups is 3. The Labute approximate surface area is 209 Å². The molecular weight excluding hydrogens is 526 g/mol. The second-order valence-electron chi connectivity index (χ2n) is 6.70. The first-order valence-electron chi connectivity index (χ1n) is 10.00. The normalized spacial score (nSPS) is 10.6. The fourth-order valence-electron chi connectivity index (χ4n) is 2.64. The van der Waals surface area contributed by atoms with Crippen LogP contribution in [0.1, 0.15) is 22.8 Å². The van der Waals surface area contributed by atoms with Gasteiger partial charge in [0.25, 0.3) is 0 Å². The van der Waals surface area contributed by atoms with Gasteiger partial charge in [-0.15, -0.1) is 0 Å². The van der Waals surface area contributed by atoms with Gasteiger partial charge in [0.1, 0.15) is 0 Å². The Morgan fingerprint density at radius 2 is 1.68 bits per heavy atom. The van der Waals surface area contributed by atoms with Crippen molar-refractivity contribution >= 4 is 57.2 Å². The van der Waals surface area contributed by atoms with Crippen molar-refractivity contribution in [1.82, 2.24) is 5.43 Å². The zero-order chi connectivity index (χ0) is 24.5. The van der Waals surface area contributed by atoms with Crippen molar-refractivity contribution in [2.45, 2.75) is 6.92 Å². The number of amides is 2. The van der Waals surface area contributed by atoms with Gasteiger partial charge in [-0.1, -0.05) is 27.5 Å². The summed E-state index contributed by atoms with van der Waals surface area (Å²) in [6.07, 6.45) is 1.33. The lowest BCUT2D eigenvalue weighted by Crippen LogP contribution is -2.32. The molecule has 0 heterocycles. The second-order valence-corrected chi connectivity index (χ2v) is 8.05. The number of carbonyl (C=O) groups excluding carboxylic acids is 3. The van der Waals surface area contributed by atoms with Gasteiger partial charge in [0.2, 0.25) is 0 Å².